The number of aromatic nitrogens is 2. The third kappa shape index (κ3) is 6.87. The van der Waals surface area contributed by atoms with E-state index in [1.165, 1.54) is 24.3 Å². The Morgan fingerprint density at radius 3 is 2.41 bits per heavy atom. The van der Waals surface area contributed by atoms with E-state index in [0.717, 1.165) is 5.56 Å². The van der Waals surface area contributed by atoms with Crippen molar-refractivity contribution in [2.75, 3.05) is 29.9 Å². The number of pyridine rings is 2. The minimum atomic E-state index is -4.77. The molecule has 0 unspecified atom stereocenters. The molecule has 41 heavy (non-hydrogen) atoms. The van der Waals surface area contributed by atoms with Crippen LogP contribution in [0, 0.1) is 6.92 Å². The van der Waals surface area contributed by atoms with Gasteiger partial charge in [0.1, 0.15) is 17.4 Å². The maximum absolute atomic E-state index is 13.2. The number of amides is 2. The standard InChI is InChI=1S/C30H26F3N5O3/c1-20-24(22-8-10-23(11-9-22)41-30(31,32)33)4-2-5-25(20)29(40)36-26-6-3-7-27(35-26)38-17-16-37(19-28(38)39)18-21-12-14-34-15-13-21/h2-15H,16-19H2,1H3,(H,35,36,40). The number of halogens is 3. The Kier molecular flexibility index (Phi) is 7.97. The number of ether oxygens (including phenoxy) is 1. The molecule has 1 aliphatic rings. The van der Waals surface area contributed by atoms with Crippen LogP contribution in [-0.4, -0.2) is 52.7 Å². The lowest BCUT2D eigenvalue weighted by atomic mass is 9.96. The molecule has 2 amide bonds. The SMILES string of the molecule is Cc1c(C(=O)Nc2cccc(N3CCN(Cc4ccncc4)CC3=O)n2)cccc1-c1ccc(OC(F)(F)F)cc1. The van der Waals surface area contributed by atoms with E-state index in [9.17, 15) is 22.8 Å². The van der Waals surface area contributed by atoms with Crippen LogP contribution in [0.1, 0.15) is 21.5 Å². The number of benzene rings is 2. The fourth-order valence-electron chi connectivity index (χ4n) is 4.70. The first-order valence-corrected chi connectivity index (χ1v) is 12.8. The molecule has 1 aliphatic heterocycles. The molecule has 1 fully saturated rings. The van der Waals surface area contributed by atoms with Crippen LogP contribution in [0.4, 0.5) is 24.8 Å². The summed E-state index contributed by atoms with van der Waals surface area (Å²) in [5.41, 5.74) is 3.43. The number of nitrogens with one attached hydrogen (secondary N) is 1. The van der Waals surface area contributed by atoms with Gasteiger partial charge in [0.05, 0.1) is 6.54 Å². The number of carbonyl (C=O) groups is 2. The second-order valence-corrected chi connectivity index (χ2v) is 9.50. The Hall–Kier alpha value is -4.77. The Morgan fingerprint density at radius 2 is 1.71 bits per heavy atom. The number of hydrogen-bond acceptors (Lipinski definition) is 6. The summed E-state index contributed by atoms with van der Waals surface area (Å²) in [7, 11) is 0. The minimum Gasteiger partial charge on any atom is -0.406 e. The number of nitrogens with zero attached hydrogens (tertiary/aromatic N) is 4. The summed E-state index contributed by atoms with van der Waals surface area (Å²) in [6.07, 6.45) is -1.32. The fraction of sp³-hybridized carbons (Fsp3) is 0.200. The summed E-state index contributed by atoms with van der Waals surface area (Å²) < 4.78 is 41.4. The van der Waals surface area contributed by atoms with Gasteiger partial charge < -0.3 is 10.1 Å². The third-order valence-corrected chi connectivity index (χ3v) is 6.69. The zero-order chi connectivity index (χ0) is 29.0. The van der Waals surface area contributed by atoms with Crippen molar-refractivity contribution < 1.29 is 27.5 Å². The molecule has 0 atom stereocenters. The highest BCUT2D eigenvalue weighted by Gasteiger charge is 2.31. The van der Waals surface area contributed by atoms with Gasteiger partial charge in [0.2, 0.25) is 5.91 Å². The molecule has 5 rings (SSSR count). The quantitative estimate of drug-likeness (QED) is 0.323. The van der Waals surface area contributed by atoms with Crippen LogP contribution < -0.4 is 15.0 Å². The van der Waals surface area contributed by atoms with Gasteiger partial charge in [-0.3, -0.25) is 24.4 Å². The lowest BCUT2D eigenvalue weighted by Gasteiger charge is -2.33. The number of carbonyl (C=O) groups excluding carboxylic acids is 2. The summed E-state index contributed by atoms with van der Waals surface area (Å²) in [6, 6.07) is 19.5. The fourth-order valence-corrected chi connectivity index (χ4v) is 4.70. The van der Waals surface area contributed by atoms with E-state index >= 15 is 0 Å². The highest BCUT2D eigenvalue weighted by atomic mass is 19.4. The molecule has 1 saturated heterocycles. The van der Waals surface area contributed by atoms with Crippen LogP contribution in [0.15, 0.2) is 85.2 Å². The van der Waals surface area contributed by atoms with Crippen molar-refractivity contribution in [2.24, 2.45) is 0 Å². The third-order valence-electron chi connectivity index (χ3n) is 6.69. The molecular formula is C30H26F3N5O3. The number of anilines is 2. The summed E-state index contributed by atoms with van der Waals surface area (Å²) in [6.45, 7) is 3.79. The van der Waals surface area contributed by atoms with Gasteiger partial charge in [0.15, 0.2) is 0 Å². The monoisotopic (exact) mass is 561 g/mol. The van der Waals surface area contributed by atoms with E-state index < -0.39 is 12.3 Å². The Balaban J connectivity index is 1.26. The van der Waals surface area contributed by atoms with Gasteiger partial charge in [-0.1, -0.05) is 30.3 Å². The topological polar surface area (TPSA) is 87.7 Å². The van der Waals surface area contributed by atoms with Gasteiger partial charge in [-0.05, 0) is 71.6 Å². The highest BCUT2D eigenvalue weighted by molar-refractivity contribution is 6.06. The average Bonchev–Trinajstić information content (AvgIpc) is 2.94. The van der Waals surface area contributed by atoms with Crippen LogP contribution in [0.25, 0.3) is 11.1 Å². The van der Waals surface area contributed by atoms with Crippen LogP contribution in [0.3, 0.4) is 0 Å². The van der Waals surface area contributed by atoms with E-state index in [-0.39, 0.29) is 24.0 Å². The summed E-state index contributed by atoms with van der Waals surface area (Å²) >= 11 is 0. The van der Waals surface area contributed by atoms with Gasteiger partial charge >= 0.3 is 6.36 Å². The first-order chi connectivity index (χ1) is 19.7. The number of piperazine rings is 1. The second-order valence-electron chi connectivity index (χ2n) is 9.50. The molecule has 11 heteroatoms. The van der Waals surface area contributed by atoms with E-state index in [1.54, 1.807) is 60.6 Å². The Morgan fingerprint density at radius 1 is 0.976 bits per heavy atom. The van der Waals surface area contributed by atoms with Crippen molar-refractivity contribution in [3.8, 4) is 16.9 Å². The lowest BCUT2D eigenvalue weighted by molar-refractivity contribution is -0.274. The molecule has 0 bridgehead atoms. The van der Waals surface area contributed by atoms with E-state index in [2.05, 4.69) is 24.9 Å². The van der Waals surface area contributed by atoms with Crippen molar-refractivity contribution in [2.45, 2.75) is 19.8 Å². The predicted octanol–water partition coefficient (Wildman–Crippen LogP) is 5.45. The van der Waals surface area contributed by atoms with E-state index in [1.807, 2.05) is 12.1 Å². The molecule has 0 aliphatic carbocycles. The highest BCUT2D eigenvalue weighted by Crippen LogP contribution is 2.30. The molecule has 2 aromatic carbocycles. The smallest absolute Gasteiger partial charge is 0.406 e. The largest absolute Gasteiger partial charge is 0.573 e. The van der Waals surface area contributed by atoms with Gasteiger partial charge in [0, 0.05) is 37.6 Å². The van der Waals surface area contributed by atoms with Gasteiger partial charge in [-0.25, -0.2) is 4.98 Å². The number of alkyl halides is 3. The molecule has 0 radical (unpaired) electrons. The second kappa shape index (κ2) is 11.8. The predicted molar refractivity (Wildman–Crippen MR) is 147 cm³/mol. The molecule has 4 aromatic rings. The lowest BCUT2D eigenvalue weighted by Crippen LogP contribution is -2.50. The molecule has 3 heterocycles. The molecular weight excluding hydrogens is 535 g/mol. The summed E-state index contributed by atoms with van der Waals surface area (Å²) in [5.74, 6) is -0.0793. The maximum atomic E-state index is 13.2. The molecule has 8 nitrogen and oxygen atoms in total. The van der Waals surface area contributed by atoms with E-state index in [0.29, 0.717) is 47.7 Å². The van der Waals surface area contributed by atoms with Gasteiger partial charge in [-0.2, -0.15) is 0 Å². The zero-order valence-corrected chi connectivity index (χ0v) is 22.1. The van der Waals surface area contributed by atoms with Gasteiger partial charge in [-0.15, -0.1) is 13.2 Å². The normalized spacial score (nSPS) is 14.1. The van der Waals surface area contributed by atoms with Crippen molar-refractivity contribution in [1.29, 1.82) is 0 Å². The minimum absolute atomic E-state index is 0.0866. The molecule has 0 spiro atoms. The van der Waals surface area contributed by atoms with Crippen LogP contribution in [-0.2, 0) is 11.3 Å². The van der Waals surface area contributed by atoms with E-state index in [4.69, 9.17) is 0 Å². The number of rotatable bonds is 7. The molecule has 0 saturated carbocycles. The van der Waals surface area contributed by atoms with Crippen molar-refractivity contribution >= 4 is 23.5 Å². The molecule has 2 aromatic heterocycles. The van der Waals surface area contributed by atoms with Crippen LogP contribution in [0.2, 0.25) is 0 Å². The molecule has 210 valence electrons. The first kappa shape index (κ1) is 27.8. The zero-order valence-electron chi connectivity index (χ0n) is 22.1. The number of hydrogen-bond donors (Lipinski definition) is 1. The maximum Gasteiger partial charge on any atom is 0.573 e. The summed E-state index contributed by atoms with van der Waals surface area (Å²) in [5, 5.41) is 2.80. The van der Waals surface area contributed by atoms with Crippen LogP contribution >= 0.6 is 0 Å². The Bertz CT molecular complexity index is 1550. The van der Waals surface area contributed by atoms with Gasteiger partial charge in [0.25, 0.3) is 5.91 Å². The molecule has 1 N–H and O–H groups in total. The van der Waals surface area contributed by atoms with Crippen LogP contribution in [0.5, 0.6) is 5.75 Å². The van der Waals surface area contributed by atoms with Crippen molar-refractivity contribution in [3.63, 3.8) is 0 Å². The average molecular weight is 562 g/mol. The van der Waals surface area contributed by atoms with Crippen molar-refractivity contribution in [1.82, 2.24) is 14.9 Å². The summed E-state index contributed by atoms with van der Waals surface area (Å²) in [4.78, 5) is 38.3. The Labute approximate surface area is 234 Å². The van der Waals surface area contributed by atoms with Crippen molar-refractivity contribution in [3.05, 3.63) is 102 Å². The first-order valence-electron chi connectivity index (χ1n) is 12.8.